The van der Waals surface area contributed by atoms with Gasteiger partial charge in [0, 0.05) is 5.56 Å². The van der Waals surface area contributed by atoms with E-state index in [0.717, 1.165) is 10.8 Å². The summed E-state index contributed by atoms with van der Waals surface area (Å²) in [6.45, 7) is 0. The molecule has 0 saturated heterocycles. The van der Waals surface area contributed by atoms with Crippen LogP contribution < -0.4 is 0 Å². The van der Waals surface area contributed by atoms with Crippen LogP contribution in [0.15, 0.2) is 47.8 Å². The van der Waals surface area contributed by atoms with Crippen LogP contribution in [0.25, 0.3) is 21.2 Å². The summed E-state index contributed by atoms with van der Waals surface area (Å²) >= 11 is 1.42. The monoisotopic (exact) mass is 242 g/mol. The molecular weight excluding hydrogens is 232 g/mol. The predicted octanol–water partition coefficient (Wildman–Crippen LogP) is 3.98. The molecule has 0 spiro atoms. The third-order valence-corrected chi connectivity index (χ3v) is 3.70. The molecule has 3 heteroatoms. The molecule has 3 aromatic rings. The number of rotatable bonds is 1. The highest BCUT2D eigenvalue weighted by molar-refractivity contribution is 7.14. The second-order valence-electron chi connectivity index (χ2n) is 3.82. The fourth-order valence-corrected chi connectivity index (χ4v) is 2.84. The molecule has 0 atom stereocenters. The molecule has 0 aliphatic carbocycles. The van der Waals surface area contributed by atoms with Crippen molar-refractivity contribution in [3.63, 3.8) is 0 Å². The molecule has 0 aliphatic heterocycles. The number of benzene rings is 2. The zero-order chi connectivity index (χ0) is 11.8. The molecule has 0 radical (unpaired) electrons. The van der Waals surface area contributed by atoms with Crippen LogP contribution in [0.5, 0.6) is 11.5 Å². The van der Waals surface area contributed by atoms with Gasteiger partial charge in [-0.25, -0.2) is 0 Å². The van der Waals surface area contributed by atoms with Gasteiger partial charge in [-0.2, -0.15) is 0 Å². The number of aromatic hydroxyl groups is 2. The molecule has 2 aromatic carbocycles. The van der Waals surface area contributed by atoms with Crippen LogP contribution in [-0.4, -0.2) is 10.2 Å². The van der Waals surface area contributed by atoms with Crippen LogP contribution in [0.3, 0.4) is 0 Å². The third kappa shape index (κ3) is 1.56. The Balaban J connectivity index is 2.42. The zero-order valence-corrected chi connectivity index (χ0v) is 9.74. The van der Waals surface area contributed by atoms with Crippen molar-refractivity contribution in [1.29, 1.82) is 0 Å². The lowest BCUT2D eigenvalue weighted by Crippen LogP contribution is -1.80. The van der Waals surface area contributed by atoms with E-state index < -0.39 is 0 Å². The number of phenols is 1. The van der Waals surface area contributed by atoms with Crippen LogP contribution in [0.4, 0.5) is 0 Å². The van der Waals surface area contributed by atoms with Crippen LogP contribution in [-0.2, 0) is 0 Å². The van der Waals surface area contributed by atoms with Gasteiger partial charge in [0.2, 0.25) is 0 Å². The van der Waals surface area contributed by atoms with Crippen molar-refractivity contribution < 1.29 is 10.2 Å². The Bertz CT molecular complexity index is 686. The number of fused-ring (bicyclic) bond motifs is 1. The molecule has 1 heterocycles. The molecule has 0 amide bonds. The van der Waals surface area contributed by atoms with Crippen LogP contribution >= 0.6 is 11.3 Å². The fourth-order valence-electron chi connectivity index (χ4n) is 1.99. The fraction of sp³-hybridized carbons (Fsp3) is 0. The number of hydrogen-bond acceptors (Lipinski definition) is 3. The Morgan fingerprint density at radius 2 is 1.65 bits per heavy atom. The van der Waals surface area contributed by atoms with E-state index in [9.17, 15) is 10.2 Å². The Morgan fingerprint density at radius 1 is 0.824 bits per heavy atom. The first-order chi connectivity index (χ1) is 8.27. The lowest BCUT2D eigenvalue weighted by atomic mass is 10.0. The lowest BCUT2D eigenvalue weighted by Gasteiger charge is -2.07. The van der Waals surface area contributed by atoms with Crippen molar-refractivity contribution in [2.24, 2.45) is 0 Å². The predicted molar refractivity (Wildman–Crippen MR) is 70.6 cm³/mol. The molecule has 0 bridgehead atoms. The van der Waals surface area contributed by atoms with E-state index in [2.05, 4.69) is 0 Å². The molecule has 84 valence electrons. The van der Waals surface area contributed by atoms with Crippen LogP contribution in [0.1, 0.15) is 0 Å². The van der Waals surface area contributed by atoms with Gasteiger partial charge < -0.3 is 10.2 Å². The molecule has 2 nitrogen and oxygen atoms in total. The summed E-state index contributed by atoms with van der Waals surface area (Å²) in [6, 6.07) is 13.0. The molecule has 2 N–H and O–H groups in total. The third-order valence-electron chi connectivity index (χ3n) is 2.78. The van der Waals surface area contributed by atoms with Gasteiger partial charge in [0.05, 0.1) is 4.88 Å². The van der Waals surface area contributed by atoms with E-state index in [1.807, 2.05) is 35.7 Å². The maximum atomic E-state index is 10.0. The maximum Gasteiger partial charge on any atom is 0.134 e. The van der Waals surface area contributed by atoms with E-state index in [-0.39, 0.29) is 11.5 Å². The number of thiophene rings is 1. The summed E-state index contributed by atoms with van der Waals surface area (Å²) in [6.07, 6.45) is 0. The van der Waals surface area contributed by atoms with Gasteiger partial charge in [-0.15, -0.1) is 11.3 Å². The first-order valence-electron chi connectivity index (χ1n) is 5.25. The standard InChI is InChI=1S/C14H10O2S/c15-11-6-5-9-3-1-2-4-10(9)13(11)14-12(16)7-8-17-14/h1-8,15-16H. The summed E-state index contributed by atoms with van der Waals surface area (Å²) in [5.74, 6) is 0.406. The van der Waals surface area contributed by atoms with Crippen LogP contribution in [0, 0.1) is 0 Å². The second-order valence-corrected chi connectivity index (χ2v) is 4.73. The molecule has 1 aromatic heterocycles. The minimum atomic E-state index is 0.196. The molecular formula is C14H10O2S. The first kappa shape index (κ1) is 10.2. The van der Waals surface area contributed by atoms with E-state index >= 15 is 0 Å². The van der Waals surface area contributed by atoms with Crippen molar-refractivity contribution in [2.75, 3.05) is 0 Å². The zero-order valence-electron chi connectivity index (χ0n) is 8.92. The van der Waals surface area contributed by atoms with E-state index in [1.54, 1.807) is 12.1 Å². The highest BCUT2D eigenvalue weighted by atomic mass is 32.1. The van der Waals surface area contributed by atoms with E-state index in [4.69, 9.17) is 0 Å². The molecule has 0 saturated carbocycles. The summed E-state index contributed by atoms with van der Waals surface area (Å²) in [5, 5.41) is 23.6. The maximum absolute atomic E-state index is 10.0. The number of phenolic OH excluding ortho intramolecular Hbond substituents is 1. The molecule has 0 aliphatic rings. The van der Waals surface area contributed by atoms with Gasteiger partial charge in [-0.3, -0.25) is 0 Å². The summed E-state index contributed by atoms with van der Waals surface area (Å²) < 4.78 is 0. The average Bonchev–Trinajstić information content (AvgIpc) is 2.75. The summed E-state index contributed by atoms with van der Waals surface area (Å²) in [4.78, 5) is 0.708. The molecule has 17 heavy (non-hydrogen) atoms. The van der Waals surface area contributed by atoms with Crippen molar-refractivity contribution in [1.82, 2.24) is 0 Å². The van der Waals surface area contributed by atoms with Gasteiger partial charge in [0.25, 0.3) is 0 Å². The average molecular weight is 242 g/mol. The highest BCUT2D eigenvalue weighted by Crippen LogP contribution is 2.43. The lowest BCUT2D eigenvalue weighted by molar-refractivity contribution is 0.471. The van der Waals surface area contributed by atoms with Crippen LogP contribution in [0.2, 0.25) is 0 Å². The Hall–Kier alpha value is -2.00. The minimum absolute atomic E-state index is 0.196. The quantitative estimate of drug-likeness (QED) is 0.677. The van der Waals surface area contributed by atoms with Gasteiger partial charge >= 0.3 is 0 Å². The largest absolute Gasteiger partial charge is 0.507 e. The van der Waals surface area contributed by atoms with Crippen molar-refractivity contribution in [2.45, 2.75) is 0 Å². The normalized spacial score (nSPS) is 10.8. The number of hydrogen-bond donors (Lipinski definition) is 2. The van der Waals surface area contributed by atoms with Gasteiger partial charge in [-0.1, -0.05) is 30.3 Å². The first-order valence-corrected chi connectivity index (χ1v) is 6.13. The molecule has 3 rings (SSSR count). The van der Waals surface area contributed by atoms with Gasteiger partial charge in [0.15, 0.2) is 0 Å². The van der Waals surface area contributed by atoms with E-state index in [1.165, 1.54) is 11.3 Å². The molecule has 0 unspecified atom stereocenters. The SMILES string of the molecule is Oc1ccsc1-c1c(O)ccc2ccccc12. The van der Waals surface area contributed by atoms with Gasteiger partial charge in [0.1, 0.15) is 11.5 Å². The Morgan fingerprint density at radius 3 is 2.41 bits per heavy atom. The van der Waals surface area contributed by atoms with Crippen molar-refractivity contribution >= 4 is 22.1 Å². The Kier molecular flexibility index (Phi) is 2.27. The van der Waals surface area contributed by atoms with E-state index in [0.29, 0.717) is 10.4 Å². The highest BCUT2D eigenvalue weighted by Gasteiger charge is 2.13. The Labute approximate surface area is 102 Å². The summed E-state index contributed by atoms with van der Waals surface area (Å²) in [7, 11) is 0. The van der Waals surface area contributed by atoms with Crippen molar-refractivity contribution in [3.05, 3.63) is 47.8 Å². The van der Waals surface area contributed by atoms with Gasteiger partial charge in [-0.05, 0) is 28.3 Å². The topological polar surface area (TPSA) is 40.5 Å². The minimum Gasteiger partial charge on any atom is -0.507 e. The summed E-state index contributed by atoms with van der Waals surface area (Å²) in [5.41, 5.74) is 0.704. The molecule has 0 fully saturated rings. The van der Waals surface area contributed by atoms with Crippen molar-refractivity contribution in [3.8, 4) is 21.9 Å². The smallest absolute Gasteiger partial charge is 0.134 e. The second kappa shape index (κ2) is 3.79.